The minimum Gasteiger partial charge on any atom is -0.693 e. The summed E-state index contributed by atoms with van der Waals surface area (Å²) in [5.41, 5.74) is 0. The van der Waals surface area contributed by atoms with E-state index in [9.17, 15) is 0 Å². The zero-order valence-electron chi connectivity index (χ0n) is 26.0. The van der Waals surface area contributed by atoms with Gasteiger partial charge in [0.05, 0.1) is 49.3 Å². The van der Waals surface area contributed by atoms with Gasteiger partial charge in [0.1, 0.15) is 0 Å². The average molecular weight is 644 g/mol. The molecule has 5 aliphatic heterocycles. The van der Waals surface area contributed by atoms with E-state index >= 15 is 0 Å². The summed E-state index contributed by atoms with van der Waals surface area (Å²) in [5, 5.41) is 33.8. The molecule has 5 saturated heterocycles. The number of fused-ring (bicyclic) bond motifs is 20. The maximum absolute atomic E-state index is 4.26. The molecule has 11 heteroatoms. The van der Waals surface area contributed by atoms with Crippen molar-refractivity contribution in [3.8, 4) is 0 Å². The predicted molar refractivity (Wildman–Crippen MR) is 168 cm³/mol. The monoisotopic (exact) mass is 643 g/mol. The molecule has 0 spiro atoms. The van der Waals surface area contributed by atoms with Gasteiger partial charge in [0.25, 0.3) is 0 Å². The SMILES string of the molecule is C1CCC2C3NC(NC4NC(NC5NC(NC6NC(N3)C3CCCCC63)C3CCCCC53)C3CCCCC43)C2C1.[Co+2].[NH2-].[NH2-]. The van der Waals surface area contributed by atoms with E-state index in [0.29, 0.717) is 49.3 Å². The largest absolute Gasteiger partial charge is 2.00 e. The smallest absolute Gasteiger partial charge is 0.693 e. The first-order chi connectivity index (χ1) is 19.8. The van der Waals surface area contributed by atoms with Gasteiger partial charge in [-0.1, -0.05) is 51.4 Å². The Morgan fingerprint density at radius 2 is 0.349 bits per heavy atom. The third kappa shape index (κ3) is 5.80. The normalized spacial score (nSPS) is 53.6. The van der Waals surface area contributed by atoms with Crippen LogP contribution in [-0.2, 0) is 16.8 Å². The Balaban J connectivity index is 0.00000110. The molecule has 1 radical (unpaired) electrons. The molecule has 0 amide bonds. The fourth-order valence-electron chi connectivity index (χ4n) is 12.0. The van der Waals surface area contributed by atoms with Crippen molar-refractivity contribution in [1.82, 2.24) is 42.5 Å². The molecule has 12 N–H and O–H groups in total. The van der Waals surface area contributed by atoms with Crippen LogP contribution in [-0.4, -0.2) is 49.3 Å². The van der Waals surface area contributed by atoms with Crippen LogP contribution >= 0.6 is 0 Å². The number of hydrogen-bond donors (Lipinski definition) is 8. The van der Waals surface area contributed by atoms with Crippen LogP contribution < -0.4 is 42.5 Å². The molecule has 4 saturated carbocycles. The zero-order valence-corrected chi connectivity index (χ0v) is 27.1. The van der Waals surface area contributed by atoms with Gasteiger partial charge in [0.15, 0.2) is 0 Å². The maximum atomic E-state index is 4.26. The molecular formula is C32H60CoN10. The first-order valence-corrected chi connectivity index (χ1v) is 17.9. The van der Waals surface area contributed by atoms with Crippen LogP contribution in [0, 0.1) is 47.3 Å². The molecule has 247 valence electrons. The minimum absolute atomic E-state index is 0. The van der Waals surface area contributed by atoms with Gasteiger partial charge in [-0.15, -0.1) is 0 Å². The Hall–Kier alpha value is 0.106. The van der Waals surface area contributed by atoms with Crippen molar-refractivity contribution >= 4 is 0 Å². The number of hydrogen-bond acceptors (Lipinski definition) is 8. The van der Waals surface area contributed by atoms with Gasteiger partial charge in [-0.05, 0) is 98.7 Å². The van der Waals surface area contributed by atoms with Gasteiger partial charge >= 0.3 is 16.8 Å². The summed E-state index contributed by atoms with van der Waals surface area (Å²) >= 11 is 0. The van der Waals surface area contributed by atoms with E-state index in [1.807, 2.05) is 0 Å². The standard InChI is InChI=1S/C32H56N8.Co.2H2N/c1-2-10-18-17(9-1)25-33-26(18)38-28-21-13-5-6-14-22(21)30(35-28)40-32-24-16-8-7-15-23(24)31(36-32)39-29-20-12-4-3-11-19(20)27(34-29)37-25;;;/h17-40H,1-16H2;;2*1H2/q;+2;2*-1. The van der Waals surface area contributed by atoms with Gasteiger partial charge in [-0.3, -0.25) is 42.5 Å². The van der Waals surface area contributed by atoms with Gasteiger partial charge in [-0.2, -0.15) is 0 Å². The number of rotatable bonds is 0. The molecule has 9 rings (SSSR count). The molecule has 4 aliphatic carbocycles. The Labute approximate surface area is 270 Å². The van der Waals surface area contributed by atoms with E-state index in [1.165, 1.54) is 103 Å². The zero-order chi connectivity index (χ0) is 26.2. The Kier molecular flexibility index (Phi) is 10.5. The van der Waals surface area contributed by atoms with Gasteiger partial charge < -0.3 is 12.3 Å². The van der Waals surface area contributed by atoms with Crippen molar-refractivity contribution < 1.29 is 16.8 Å². The predicted octanol–water partition coefficient (Wildman–Crippen LogP) is 4.04. The second-order valence-electron chi connectivity index (χ2n) is 15.6. The summed E-state index contributed by atoms with van der Waals surface area (Å²) in [5.74, 6) is 5.97. The Morgan fingerprint density at radius 1 is 0.233 bits per heavy atom. The molecule has 9 aliphatic rings. The molecule has 43 heavy (non-hydrogen) atoms. The fraction of sp³-hybridized carbons (Fsp3) is 1.00. The van der Waals surface area contributed by atoms with Crippen LogP contribution in [0.1, 0.15) is 103 Å². The van der Waals surface area contributed by atoms with Crippen LogP contribution in [0.15, 0.2) is 0 Å². The van der Waals surface area contributed by atoms with Crippen LogP contribution in [0.2, 0.25) is 0 Å². The molecule has 8 atom stereocenters. The number of nitrogens with one attached hydrogen (secondary N) is 8. The molecule has 9 fully saturated rings. The first kappa shape index (κ1) is 33.0. The van der Waals surface area contributed by atoms with Crippen molar-refractivity contribution in [3.05, 3.63) is 12.3 Å². The first-order valence-electron chi connectivity index (χ1n) is 17.9. The summed E-state index contributed by atoms with van der Waals surface area (Å²) in [6, 6.07) is 0. The minimum atomic E-state index is 0. The van der Waals surface area contributed by atoms with E-state index in [0.717, 1.165) is 47.3 Å². The maximum Gasteiger partial charge on any atom is 2.00 e. The van der Waals surface area contributed by atoms with Crippen LogP contribution in [0.25, 0.3) is 12.3 Å². The van der Waals surface area contributed by atoms with E-state index in [2.05, 4.69) is 42.5 Å². The molecule has 0 aromatic heterocycles. The van der Waals surface area contributed by atoms with Crippen molar-refractivity contribution in [2.24, 2.45) is 47.3 Å². The average Bonchev–Trinajstić information content (AvgIpc) is 3.73. The van der Waals surface area contributed by atoms with Gasteiger partial charge in [-0.25, -0.2) is 0 Å². The van der Waals surface area contributed by atoms with E-state index in [4.69, 9.17) is 0 Å². The second kappa shape index (κ2) is 13.7. The molecule has 8 bridgehead atoms. The topological polar surface area (TPSA) is 163 Å². The molecular weight excluding hydrogens is 583 g/mol. The molecule has 8 unspecified atom stereocenters. The van der Waals surface area contributed by atoms with Crippen LogP contribution in [0.5, 0.6) is 0 Å². The van der Waals surface area contributed by atoms with Gasteiger partial charge in [0, 0.05) is 0 Å². The summed E-state index contributed by atoms with van der Waals surface area (Å²) in [6.45, 7) is 0. The van der Waals surface area contributed by atoms with Crippen LogP contribution in [0.3, 0.4) is 0 Å². The molecule has 0 aromatic carbocycles. The van der Waals surface area contributed by atoms with E-state index in [1.54, 1.807) is 0 Å². The third-order valence-corrected chi connectivity index (χ3v) is 13.8. The Bertz CT molecular complexity index is 721. The van der Waals surface area contributed by atoms with E-state index in [-0.39, 0.29) is 29.1 Å². The second-order valence-corrected chi connectivity index (χ2v) is 15.6. The summed E-state index contributed by atoms with van der Waals surface area (Å²) in [6.07, 6.45) is 25.6. The van der Waals surface area contributed by atoms with Gasteiger partial charge in [0.2, 0.25) is 0 Å². The van der Waals surface area contributed by atoms with Crippen molar-refractivity contribution in [2.45, 2.75) is 152 Å². The molecule has 0 aromatic rings. The Morgan fingerprint density at radius 3 is 0.465 bits per heavy atom. The number of nitrogens with two attached hydrogens (primary N) is 2. The third-order valence-electron chi connectivity index (χ3n) is 13.8. The van der Waals surface area contributed by atoms with Crippen molar-refractivity contribution in [1.29, 1.82) is 0 Å². The van der Waals surface area contributed by atoms with E-state index < -0.39 is 0 Å². The van der Waals surface area contributed by atoms with Crippen molar-refractivity contribution in [2.75, 3.05) is 0 Å². The summed E-state index contributed by atoms with van der Waals surface area (Å²) in [7, 11) is 0. The van der Waals surface area contributed by atoms with Crippen LogP contribution in [0.4, 0.5) is 0 Å². The summed E-state index contributed by atoms with van der Waals surface area (Å²) in [4.78, 5) is 0. The fourth-order valence-corrected chi connectivity index (χ4v) is 12.0. The quantitative estimate of drug-likeness (QED) is 0.196. The summed E-state index contributed by atoms with van der Waals surface area (Å²) < 4.78 is 0. The van der Waals surface area contributed by atoms with Crippen molar-refractivity contribution in [3.63, 3.8) is 0 Å². The molecule has 5 heterocycles. The molecule has 10 nitrogen and oxygen atoms in total.